The second-order valence-electron chi connectivity index (χ2n) is 4.10. The summed E-state index contributed by atoms with van der Waals surface area (Å²) >= 11 is 1.13. The second kappa shape index (κ2) is 5.49. The fraction of sp³-hybridized carbons (Fsp3) is 0.500. The Hall–Kier alpha value is -1.40. The van der Waals surface area contributed by atoms with Crippen molar-refractivity contribution >= 4 is 23.2 Å². The maximum Gasteiger partial charge on any atom is 0.348 e. The summed E-state index contributed by atoms with van der Waals surface area (Å²) in [5.74, 6) is -0.589. The van der Waals surface area contributed by atoms with Crippen LogP contribution in [0.25, 0.3) is 0 Å². The van der Waals surface area contributed by atoms with Gasteiger partial charge in [-0.1, -0.05) is 0 Å². The molecule has 1 amide bonds. The lowest BCUT2D eigenvalue weighted by Crippen LogP contribution is -2.38. The van der Waals surface area contributed by atoms with Gasteiger partial charge in [0.15, 0.2) is 0 Å². The summed E-state index contributed by atoms with van der Waals surface area (Å²) in [4.78, 5) is 24.2. The van der Waals surface area contributed by atoms with Gasteiger partial charge in [0.25, 0.3) is 5.91 Å². The largest absolute Gasteiger partial charge is 0.465 e. The van der Waals surface area contributed by atoms with Crippen LogP contribution < -0.4 is 5.32 Å². The highest BCUT2D eigenvalue weighted by molar-refractivity contribution is 7.15. The molecule has 0 unspecified atom stereocenters. The number of carbonyl (C=O) groups is 2. The summed E-state index contributed by atoms with van der Waals surface area (Å²) in [5.41, 5.74) is 0. The molecular formula is C12H15NO4S. The number of carbonyl (C=O) groups excluding carboxylic acids is 2. The summed E-state index contributed by atoms with van der Waals surface area (Å²) < 4.78 is 9.98. The molecule has 1 aromatic rings. The lowest BCUT2D eigenvalue weighted by Gasteiger charge is -2.15. The van der Waals surface area contributed by atoms with Gasteiger partial charge in [-0.3, -0.25) is 4.79 Å². The van der Waals surface area contributed by atoms with Crippen LogP contribution in [0.5, 0.6) is 0 Å². The predicted octanol–water partition coefficient (Wildman–Crippen LogP) is 1.44. The van der Waals surface area contributed by atoms with Crippen molar-refractivity contribution in [1.29, 1.82) is 0 Å². The van der Waals surface area contributed by atoms with Gasteiger partial charge in [0.05, 0.1) is 24.1 Å². The molecule has 0 aromatic carbocycles. The van der Waals surface area contributed by atoms with Crippen molar-refractivity contribution in [2.24, 2.45) is 0 Å². The molecule has 5 nitrogen and oxygen atoms in total. The summed E-state index contributed by atoms with van der Waals surface area (Å²) in [6.45, 7) is 2.61. The molecule has 1 fully saturated rings. The quantitative estimate of drug-likeness (QED) is 0.843. The van der Waals surface area contributed by atoms with Crippen molar-refractivity contribution in [3.8, 4) is 0 Å². The standard InChI is InChI=1S/C12H15NO4S/c1-7-8(5-6-17-7)13-11(14)9-3-4-10(18-9)12(15)16-2/h3-4,7-8H,5-6H2,1-2H3,(H,13,14)/t7-,8-/m0/s1. The first-order valence-electron chi connectivity index (χ1n) is 5.72. The molecule has 2 rings (SSSR count). The number of nitrogens with one attached hydrogen (secondary N) is 1. The van der Waals surface area contributed by atoms with E-state index in [4.69, 9.17) is 4.74 Å². The van der Waals surface area contributed by atoms with E-state index in [1.54, 1.807) is 12.1 Å². The van der Waals surface area contributed by atoms with E-state index in [0.29, 0.717) is 16.4 Å². The Kier molecular flexibility index (Phi) is 3.98. The monoisotopic (exact) mass is 269 g/mol. The number of methoxy groups -OCH3 is 1. The zero-order valence-electron chi connectivity index (χ0n) is 10.3. The molecule has 0 saturated carbocycles. The smallest absolute Gasteiger partial charge is 0.348 e. The van der Waals surface area contributed by atoms with Crippen molar-refractivity contribution in [3.05, 3.63) is 21.9 Å². The summed E-state index contributed by atoms with van der Waals surface area (Å²) in [6.07, 6.45) is 0.858. The van der Waals surface area contributed by atoms with Crippen molar-refractivity contribution in [2.75, 3.05) is 13.7 Å². The van der Waals surface area contributed by atoms with Crippen molar-refractivity contribution in [2.45, 2.75) is 25.5 Å². The third-order valence-electron chi connectivity index (χ3n) is 2.91. The van der Waals surface area contributed by atoms with Crippen molar-refractivity contribution < 1.29 is 19.1 Å². The highest BCUT2D eigenvalue weighted by Gasteiger charge is 2.26. The fourth-order valence-electron chi connectivity index (χ4n) is 1.83. The first-order valence-corrected chi connectivity index (χ1v) is 6.54. The number of thiophene rings is 1. The predicted molar refractivity (Wildman–Crippen MR) is 66.9 cm³/mol. The number of hydrogen-bond acceptors (Lipinski definition) is 5. The highest BCUT2D eigenvalue weighted by Crippen LogP contribution is 2.19. The van der Waals surface area contributed by atoms with Gasteiger partial charge in [0.1, 0.15) is 4.88 Å². The number of rotatable bonds is 3. The first kappa shape index (κ1) is 13.0. The zero-order chi connectivity index (χ0) is 13.1. The first-order chi connectivity index (χ1) is 8.61. The molecule has 1 aliphatic rings. The van der Waals surface area contributed by atoms with Crippen LogP contribution in [0.3, 0.4) is 0 Å². The molecule has 1 saturated heterocycles. The van der Waals surface area contributed by atoms with Crippen LogP contribution in [0, 0.1) is 0 Å². The van der Waals surface area contributed by atoms with Gasteiger partial charge in [0.2, 0.25) is 0 Å². The Labute approximate surface area is 109 Å². The van der Waals surface area contributed by atoms with E-state index in [1.165, 1.54) is 7.11 Å². The molecular weight excluding hydrogens is 254 g/mol. The molecule has 98 valence electrons. The number of esters is 1. The van der Waals surface area contributed by atoms with Gasteiger partial charge in [-0.25, -0.2) is 4.79 Å². The minimum absolute atomic E-state index is 0.0361. The number of amides is 1. The Balaban J connectivity index is 2.00. The van der Waals surface area contributed by atoms with E-state index in [0.717, 1.165) is 17.8 Å². The lowest BCUT2D eigenvalue weighted by molar-refractivity contribution is 0.0606. The van der Waals surface area contributed by atoms with E-state index < -0.39 is 5.97 Å². The third-order valence-corrected chi connectivity index (χ3v) is 3.97. The molecule has 0 spiro atoms. The van der Waals surface area contributed by atoms with Gasteiger partial charge < -0.3 is 14.8 Å². The minimum atomic E-state index is -0.420. The molecule has 0 bridgehead atoms. The van der Waals surface area contributed by atoms with Gasteiger partial charge in [-0.2, -0.15) is 0 Å². The van der Waals surface area contributed by atoms with Crippen LogP contribution in [-0.4, -0.2) is 37.7 Å². The van der Waals surface area contributed by atoms with E-state index in [1.807, 2.05) is 6.92 Å². The SMILES string of the molecule is COC(=O)c1ccc(C(=O)N[C@H]2CCO[C@H]2C)s1. The van der Waals surface area contributed by atoms with E-state index in [-0.39, 0.29) is 18.1 Å². The summed E-state index contributed by atoms with van der Waals surface area (Å²) in [6, 6.07) is 3.27. The van der Waals surface area contributed by atoms with Crippen LogP contribution in [-0.2, 0) is 9.47 Å². The molecule has 0 aliphatic carbocycles. The topological polar surface area (TPSA) is 64.6 Å². The van der Waals surface area contributed by atoms with Crippen LogP contribution >= 0.6 is 11.3 Å². The third kappa shape index (κ3) is 2.70. The molecule has 2 heterocycles. The molecule has 0 radical (unpaired) electrons. The van der Waals surface area contributed by atoms with Gasteiger partial charge in [-0.05, 0) is 25.5 Å². The van der Waals surface area contributed by atoms with E-state index in [9.17, 15) is 9.59 Å². The summed E-state index contributed by atoms with van der Waals surface area (Å²) in [5, 5.41) is 2.91. The minimum Gasteiger partial charge on any atom is -0.465 e. The number of hydrogen-bond donors (Lipinski definition) is 1. The van der Waals surface area contributed by atoms with E-state index >= 15 is 0 Å². The second-order valence-corrected chi connectivity index (χ2v) is 5.18. The van der Waals surface area contributed by atoms with Gasteiger partial charge >= 0.3 is 5.97 Å². The van der Waals surface area contributed by atoms with Gasteiger partial charge in [0, 0.05) is 6.61 Å². The highest BCUT2D eigenvalue weighted by atomic mass is 32.1. The average molecular weight is 269 g/mol. The lowest BCUT2D eigenvalue weighted by atomic mass is 10.1. The summed E-state index contributed by atoms with van der Waals surface area (Å²) in [7, 11) is 1.32. The van der Waals surface area contributed by atoms with Crippen molar-refractivity contribution in [3.63, 3.8) is 0 Å². The number of ether oxygens (including phenoxy) is 2. The normalized spacial score (nSPS) is 22.8. The van der Waals surface area contributed by atoms with E-state index in [2.05, 4.69) is 10.1 Å². The molecule has 2 atom stereocenters. The fourth-order valence-corrected chi connectivity index (χ4v) is 2.66. The maximum atomic E-state index is 12.0. The molecule has 1 aliphatic heterocycles. The molecule has 6 heteroatoms. The Morgan fingerprint density at radius 1 is 1.44 bits per heavy atom. The molecule has 1 aromatic heterocycles. The Morgan fingerprint density at radius 3 is 2.78 bits per heavy atom. The molecule has 18 heavy (non-hydrogen) atoms. The van der Waals surface area contributed by atoms with Crippen LogP contribution in [0.2, 0.25) is 0 Å². The van der Waals surface area contributed by atoms with Crippen LogP contribution in [0.4, 0.5) is 0 Å². The zero-order valence-corrected chi connectivity index (χ0v) is 11.1. The molecule has 1 N–H and O–H groups in total. The van der Waals surface area contributed by atoms with Crippen molar-refractivity contribution in [1.82, 2.24) is 5.32 Å². The van der Waals surface area contributed by atoms with Gasteiger partial charge in [-0.15, -0.1) is 11.3 Å². The Bertz CT molecular complexity index is 457. The van der Waals surface area contributed by atoms with Crippen LogP contribution in [0.1, 0.15) is 32.7 Å². The van der Waals surface area contributed by atoms with Crippen LogP contribution in [0.15, 0.2) is 12.1 Å². The maximum absolute atomic E-state index is 12.0. The average Bonchev–Trinajstić information content (AvgIpc) is 2.98. The Morgan fingerprint density at radius 2 is 2.17 bits per heavy atom.